The number of carbonyl (C=O) groups excluding carboxylic acids is 1. The first-order chi connectivity index (χ1) is 11.1. The van der Waals surface area contributed by atoms with Gasteiger partial charge >= 0.3 is 0 Å². The van der Waals surface area contributed by atoms with Gasteiger partial charge in [-0.2, -0.15) is 5.10 Å². The minimum Gasteiger partial charge on any atom is -0.493 e. The number of nitrogens with zero attached hydrogens (tertiary/aromatic N) is 2. The summed E-state index contributed by atoms with van der Waals surface area (Å²) in [7, 11) is 1.53. The number of halogens is 2. The van der Waals surface area contributed by atoms with Gasteiger partial charge in [0.1, 0.15) is 0 Å². The number of methoxy groups -OCH3 is 1. The lowest BCUT2D eigenvalue weighted by molar-refractivity contribution is -0.123. The number of pyridine rings is 1. The summed E-state index contributed by atoms with van der Waals surface area (Å²) in [6, 6.07) is 7.10. The number of benzene rings is 1. The number of rotatable bonds is 6. The Bertz CT molecular complexity index is 709. The number of aromatic nitrogens is 1. The molecule has 0 radical (unpaired) electrons. The van der Waals surface area contributed by atoms with Gasteiger partial charge in [-0.05, 0) is 45.8 Å². The Kier molecular flexibility index (Phi) is 6.54. The van der Waals surface area contributed by atoms with Crippen molar-refractivity contribution >= 4 is 44.0 Å². The van der Waals surface area contributed by atoms with E-state index in [4.69, 9.17) is 9.47 Å². The van der Waals surface area contributed by atoms with Gasteiger partial charge in [0.2, 0.25) is 0 Å². The summed E-state index contributed by atoms with van der Waals surface area (Å²) in [5.41, 5.74) is 3.22. The molecule has 0 atom stereocenters. The van der Waals surface area contributed by atoms with Crippen molar-refractivity contribution in [1.82, 2.24) is 10.4 Å². The van der Waals surface area contributed by atoms with Gasteiger partial charge in [0, 0.05) is 16.9 Å². The van der Waals surface area contributed by atoms with Crippen LogP contribution >= 0.6 is 31.9 Å². The third kappa shape index (κ3) is 5.33. The lowest BCUT2D eigenvalue weighted by Crippen LogP contribution is -2.24. The Morgan fingerprint density at radius 2 is 2.09 bits per heavy atom. The van der Waals surface area contributed by atoms with E-state index in [1.54, 1.807) is 36.7 Å². The third-order valence-corrected chi connectivity index (χ3v) is 3.70. The summed E-state index contributed by atoms with van der Waals surface area (Å²) in [6.45, 7) is -0.190. The molecule has 120 valence electrons. The zero-order valence-corrected chi connectivity index (χ0v) is 15.3. The Hall–Kier alpha value is -1.93. The van der Waals surface area contributed by atoms with E-state index in [1.165, 1.54) is 13.3 Å². The van der Waals surface area contributed by atoms with Crippen LogP contribution in [0.1, 0.15) is 5.56 Å². The number of hydrogen-bond acceptors (Lipinski definition) is 5. The van der Waals surface area contributed by atoms with E-state index in [9.17, 15) is 4.79 Å². The maximum atomic E-state index is 11.8. The Labute approximate surface area is 150 Å². The van der Waals surface area contributed by atoms with Gasteiger partial charge in [0.05, 0.1) is 17.8 Å². The number of hydrazone groups is 1. The van der Waals surface area contributed by atoms with Gasteiger partial charge in [-0.25, -0.2) is 5.43 Å². The van der Waals surface area contributed by atoms with Crippen LogP contribution in [0, 0.1) is 0 Å². The second kappa shape index (κ2) is 8.64. The SMILES string of the molecule is COc1cc(Br)cc(Br)c1OCC(=O)N/N=C\c1ccncc1. The smallest absolute Gasteiger partial charge is 0.277 e. The van der Waals surface area contributed by atoms with Crippen LogP contribution in [-0.2, 0) is 4.79 Å². The van der Waals surface area contributed by atoms with Crippen LogP contribution in [-0.4, -0.2) is 30.8 Å². The van der Waals surface area contributed by atoms with E-state index in [-0.39, 0.29) is 12.5 Å². The summed E-state index contributed by atoms with van der Waals surface area (Å²) in [6.07, 6.45) is 4.81. The molecule has 1 amide bonds. The molecule has 1 aromatic heterocycles. The largest absolute Gasteiger partial charge is 0.493 e. The highest BCUT2D eigenvalue weighted by molar-refractivity contribution is 9.11. The van der Waals surface area contributed by atoms with E-state index in [2.05, 4.69) is 47.4 Å². The van der Waals surface area contributed by atoms with Crippen molar-refractivity contribution in [3.05, 3.63) is 51.2 Å². The number of nitrogens with one attached hydrogen (secondary N) is 1. The molecule has 1 N–H and O–H groups in total. The van der Waals surface area contributed by atoms with E-state index < -0.39 is 0 Å². The molecular weight excluding hydrogens is 430 g/mol. The lowest BCUT2D eigenvalue weighted by atomic mass is 10.3. The molecule has 0 aliphatic rings. The minimum atomic E-state index is -0.382. The number of amides is 1. The Morgan fingerprint density at radius 1 is 1.35 bits per heavy atom. The standard InChI is InChI=1S/C15H13Br2N3O3/c1-22-13-7-11(16)6-12(17)15(13)23-9-14(21)20-19-8-10-2-4-18-5-3-10/h2-8H,9H2,1H3,(H,20,21)/b19-8-. The summed E-state index contributed by atoms with van der Waals surface area (Å²) in [4.78, 5) is 15.7. The van der Waals surface area contributed by atoms with Crippen molar-refractivity contribution < 1.29 is 14.3 Å². The van der Waals surface area contributed by atoms with Crippen molar-refractivity contribution in [1.29, 1.82) is 0 Å². The highest BCUT2D eigenvalue weighted by atomic mass is 79.9. The van der Waals surface area contributed by atoms with Crippen LogP contribution in [0.2, 0.25) is 0 Å². The Morgan fingerprint density at radius 3 is 2.78 bits per heavy atom. The van der Waals surface area contributed by atoms with E-state index in [0.29, 0.717) is 16.0 Å². The van der Waals surface area contributed by atoms with E-state index in [1.807, 2.05) is 0 Å². The monoisotopic (exact) mass is 441 g/mol. The molecule has 0 saturated carbocycles. The van der Waals surface area contributed by atoms with E-state index in [0.717, 1.165) is 10.0 Å². The molecule has 6 nitrogen and oxygen atoms in total. The fourth-order valence-corrected chi connectivity index (χ4v) is 2.93. The van der Waals surface area contributed by atoms with Gasteiger partial charge < -0.3 is 9.47 Å². The van der Waals surface area contributed by atoms with Gasteiger partial charge in [0.25, 0.3) is 5.91 Å². The van der Waals surface area contributed by atoms with E-state index >= 15 is 0 Å². The second-order valence-electron chi connectivity index (χ2n) is 4.28. The summed E-state index contributed by atoms with van der Waals surface area (Å²) in [5, 5.41) is 3.85. The average molecular weight is 443 g/mol. The van der Waals surface area contributed by atoms with Gasteiger partial charge in [0.15, 0.2) is 18.1 Å². The number of carbonyl (C=O) groups is 1. The highest BCUT2D eigenvalue weighted by Crippen LogP contribution is 2.38. The fourth-order valence-electron chi connectivity index (χ4n) is 1.63. The molecule has 0 spiro atoms. The van der Waals surface area contributed by atoms with Crippen LogP contribution in [0.5, 0.6) is 11.5 Å². The van der Waals surface area contributed by atoms with Crippen LogP contribution < -0.4 is 14.9 Å². The summed E-state index contributed by atoms with van der Waals surface area (Å²) >= 11 is 6.73. The molecule has 0 aliphatic heterocycles. The molecule has 2 rings (SSSR count). The fraction of sp³-hybridized carbons (Fsp3) is 0.133. The molecule has 0 fully saturated rings. The van der Waals surface area contributed by atoms with Crippen LogP contribution in [0.15, 0.2) is 50.7 Å². The van der Waals surface area contributed by atoms with Gasteiger partial charge in [-0.3, -0.25) is 9.78 Å². The summed E-state index contributed by atoms with van der Waals surface area (Å²) < 4.78 is 12.2. The topological polar surface area (TPSA) is 72.8 Å². The van der Waals surface area contributed by atoms with Crippen LogP contribution in [0.4, 0.5) is 0 Å². The van der Waals surface area contributed by atoms with Gasteiger partial charge in [-0.1, -0.05) is 15.9 Å². The molecule has 1 heterocycles. The minimum absolute atomic E-state index is 0.190. The Balaban J connectivity index is 1.91. The second-order valence-corrected chi connectivity index (χ2v) is 6.05. The molecular formula is C15H13Br2N3O3. The molecule has 8 heteroatoms. The molecule has 0 unspecified atom stereocenters. The van der Waals surface area contributed by atoms with Crippen LogP contribution in [0.3, 0.4) is 0 Å². The number of ether oxygens (including phenoxy) is 2. The molecule has 0 bridgehead atoms. The molecule has 0 aliphatic carbocycles. The number of hydrogen-bond donors (Lipinski definition) is 1. The maximum absolute atomic E-state index is 11.8. The highest BCUT2D eigenvalue weighted by Gasteiger charge is 2.12. The predicted octanol–water partition coefficient (Wildman–Crippen LogP) is 3.14. The molecule has 0 saturated heterocycles. The van der Waals surface area contributed by atoms with Crippen molar-refractivity contribution in [3.8, 4) is 11.5 Å². The summed E-state index contributed by atoms with van der Waals surface area (Å²) in [5.74, 6) is 0.579. The first-order valence-corrected chi connectivity index (χ1v) is 8.06. The molecule has 23 heavy (non-hydrogen) atoms. The van der Waals surface area contributed by atoms with Crippen molar-refractivity contribution in [2.75, 3.05) is 13.7 Å². The maximum Gasteiger partial charge on any atom is 0.277 e. The molecule has 1 aromatic carbocycles. The third-order valence-electron chi connectivity index (χ3n) is 2.65. The molecule has 2 aromatic rings. The normalized spacial score (nSPS) is 10.6. The van der Waals surface area contributed by atoms with Crippen molar-refractivity contribution in [2.24, 2.45) is 5.10 Å². The first-order valence-electron chi connectivity index (χ1n) is 6.48. The quantitative estimate of drug-likeness (QED) is 0.550. The zero-order valence-electron chi connectivity index (χ0n) is 12.1. The van der Waals surface area contributed by atoms with Crippen molar-refractivity contribution in [3.63, 3.8) is 0 Å². The van der Waals surface area contributed by atoms with Gasteiger partial charge in [-0.15, -0.1) is 0 Å². The van der Waals surface area contributed by atoms with Crippen molar-refractivity contribution in [2.45, 2.75) is 0 Å². The predicted molar refractivity (Wildman–Crippen MR) is 93.9 cm³/mol. The average Bonchev–Trinajstić information content (AvgIpc) is 2.54. The zero-order chi connectivity index (χ0) is 16.7. The first kappa shape index (κ1) is 17.4. The lowest BCUT2D eigenvalue weighted by Gasteiger charge is -2.12. The van der Waals surface area contributed by atoms with Crippen LogP contribution in [0.25, 0.3) is 0 Å².